The minimum absolute atomic E-state index is 0.0505. The molecule has 2 aromatic rings. The fourth-order valence-electron chi connectivity index (χ4n) is 2.98. The van der Waals surface area contributed by atoms with Crippen molar-refractivity contribution in [1.82, 2.24) is 5.32 Å². The van der Waals surface area contributed by atoms with Crippen molar-refractivity contribution in [2.75, 3.05) is 0 Å². The van der Waals surface area contributed by atoms with Crippen molar-refractivity contribution in [1.29, 1.82) is 0 Å². The van der Waals surface area contributed by atoms with E-state index in [1.807, 2.05) is 38.1 Å². The van der Waals surface area contributed by atoms with Gasteiger partial charge in [-0.1, -0.05) is 48.0 Å². The predicted molar refractivity (Wildman–Crippen MR) is 106 cm³/mol. The summed E-state index contributed by atoms with van der Waals surface area (Å²) in [7, 11) is 0. The molecule has 0 aromatic heterocycles. The quantitative estimate of drug-likeness (QED) is 0.559. The maximum atomic E-state index is 12.5. The fourth-order valence-corrected chi connectivity index (χ4v) is 2.98. The molecule has 2 aromatic carbocycles. The summed E-state index contributed by atoms with van der Waals surface area (Å²) in [6, 6.07) is 14.8. The first-order chi connectivity index (χ1) is 13.4. The van der Waals surface area contributed by atoms with Crippen molar-refractivity contribution >= 4 is 17.7 Å². The Morgan fingerprint density at radius 2 is 1.75 bits per heavy atom. The second-order valence-corrected chi connectivity index (χ2v) is 7.30. The summed E-state index contributed by atoms with van der Waals surface area (Å²) in [6.07, 6.45) is 0.892. The zero-order valence-electron chi connectivity index (χ0n) is 16.2. The Bertz CT molecular complexity index is 871. The number of esters is 1. The van der Waals surface area contributed by atoms with Crippen LogP contribution in [0.15, 0.2) is 48.5 Å². The molecule has 0 bridgehead atoms. The smallest absolute Gasteiger partial charge is 0.307 e. The Labute approximate surface area is 165 Å². The van der Waals surface area contributed by atoms with Gasteiger partial charge in [-0.15, -0.1) is 0 Å². The summed E-state index contributed by atoms with van der Waals surface area (Å²) in [4.78, 5) is 37.4. The van der Waals surface area contributed by atoms with E-state index in [1.165, 1.54) is 0 Å². The van der Waals surface area contributed by atoms with E-state index in [1.54, 1.807) is 24.3 Å². The third-order valence-corrected chi connectivity index (χ3v) is 4.76. The number of benzene rings is 2. The van der Waals surface area contributed by atoms with Crippen LogP contribution in [0.1, 0.15) is 58.8 Å². The Morgan fingerprint density at radius 1 is 1.04 bits per heavy atom. The van der Waals surface area contributed by atoms with Gasteiger partial charge < -0.3 is 10.1 Å². The van der Waals surface area contributed by atoms with Crippen LogP contribution < -0.4 is 5.32 Å². The highest BCUT2D eigenvalue weighted by molar-refractivity contribution is 5.99. The topological polar surface area (TPSA) is 72.5 Å². The van der Waals surface area contributed by atoms with Crippen LogP contribution in [-0.4, -0.2) is 23.7 Å². The molecule has 1 N–H and O–H groups in total. The molecule has 1 aliphatic rings. The van der Waals surface area contributed by atoms with Gasteiger partial charge in [-0.05, 0) is 38.3 Å². The lowest BCUT2D eigenvalue weighted by atomic mass is 9.99. The van der Waals surface area contributed by atoms with Gasteiger partial charge in [0.15, 0.2) is 5.78 Å². The number of carbonyl (C=O) groups is 3. The summed E-state index contributed by atoms with van der Waals surface area (Å²) in [5.41, 5.74) is 3.13. The minimum atomic E-state index is -0.995. The zero-order chi connectivity index (χ0) is 20.1. The first kappa shape index (κ1) is 19.8. The van der Waals surface area contributed by atoms with Crippen LogP contribution in [0.2, 0.25) is 0 Å². The van der Waals surface area contributed by atoms with E-state index in [0.717, 1.165) is 24.0 Å². The van der Waals surface area contributed by atoms with Crippen molar-refractivity contribution in [2.24, 2.45) is 0 Å². The highest BCUT2D eigenvalue weighted by Crippen LogP contribution is 2.24. The maximum Gasteiger partial charge on any atom is 0.307 e. The molecule has 0 aliphatic heterocycles. The molecule has 1 fully saturated rings. The van der Waals surface area contributed by atoms with Gasteiger partial charge in [0.1, 0.15) is 0 Å². The van der Waals surface area contributed by atoms with Gasteiger partial charge in [0.2, 0.25) is 6.10 Å². The molecule has 3 rings (SSSR count). The molecule has 0 saturated heterocycles. The van der Waals surface area contributed by atoms with Crippen molar-refractivity contribution in [3.63, 3.8) is 0 Å². The van der Waals surface area contributed by atoms with Gasteiger partial charge in [-0.25, -0.2) is 0 Å². The summed E-state index contributed by atoms with van der Waals surface area (Å²) < 4.78 is 5.46. The number of hydrogen-bond donors (Lipinski definition) is 1. The lowest BCUT2D eigenvalue weighted by Gasteiger charge is -2.18. The summed E-state index contributed by atoms with van der Waals surface area (Å²) in [5.74, 6) is -0.974. The largest absolute Gasteiger partial charge is 0.447 e. The van der Waals surface area contributed by atoms with Gasteiger partial charge in [0, 0.05) is 23.6 Å². The number of rotatable bonds is 8. The number of nitrogens with one attached hydrogen (secondary N) is 1. The third-order valence-electron chi connectivity index (χ3n) is 4.76. The minimum Gasteiger partial charge on any atom is -0.447 e. The van der Waals surface area contributed by atoms with Gasteiger partial charge in [-0.2, -0.15) is 0 Å². The van der Waals surface area contributed by atoms with E-state index in [-0.39, 0.29) is 30.6 Å². The Hall–Kier alpha value is -2.95. The van der Waals surface area contributed by atoms with Gasteiger partial charge in [0.05, 0.1) is 6.42 Å². The highest BCUT2D eigenvalue weighted by Gasteiger charge is 2.30. The number of amides is 1. The van der Waals surface area contributed by atoms with Crippen LogP contribution in [0, 0.1) is 13.8 Å². The average Bonchev–Trinajstić information content (AvgIpc) is 3.50. The molecule has 5 heteroatoms. The normalized spacial score (nSPS) is 14.2. The zero-order valence-corrected chi connectivity index (χ0v) is 16.2. The average molecular weight is 379 g/mol. The molecule has 0 radical (unpaired) electrons. The van der Waals surface area contributed by atoms with Gasteiger partial charge >= 0.3 is 5.97 Å². The monoisotopic (exact) mass is 379 g/mol. The van der Waals surface area contributed by atoms with E-state index in [9.17, 15) is 14.4 Å². The molecule has 0 spiro atoms. The molecule has 5 nitrogen and oxygen atoms in total. The van der Waals surface area contributed by atoms with Gasteiger partial charge in [0.25, 0.3) is 5.91 Å². The van der Waals surface area contributed by atoms with Crippen LogP contribution >= 0.6 is 0 Å². The standard InChI is InChI=1S/C23H25NO4/c1-15-8-9-16(2)19(14-15)20(25)12-13-21(26)28-22(17-6-4-3-5-7-17)23(27)24-18-10-11-18/h3-9,14,18,22H,10-13H2,1-2H3,(H,24,27)/t22-/m0/s1. The second kappa shape index (κ2) is 8.83. The molecular formula is C23H25NO4. The lowest BCUT2D eigenvalue weighted by Crippen LogP contribution is -2.33. The Kier molecular flexibility index (Phi) is 6.24. The number of Topliss-reactive ketones (excluding diaryl/α,β-unsaturated/α-hetero) is 1. The maximum absolute atomic E-state index is 12.5. The van der Waals surface area contributed by atoms with Crippen molar-refractivity contribution in [3.05, 3.63) is 70.8 Å². The van der Waals surface area contributed by atoms with Crippen LogP contribution in [0.25, 0.3) is 0 Å². The Balaban J connectivity index is 1.62. The molecule has 0 heterocycles. The van der Waals surface area contributed by atoms with Gasteiger partial charge in [-0.3, -0.25) is 14.4 Å². The second-order valence-electron chi connectivity index (χ2n) is 7.30. The molecule has 0 unspecified atom stereocenters. The summed E-state index contributed by atoms with van der Waals surface area (Å²) in [5, 5.41) is 2.88. The molecule has 146 valence electrons. The molecule has 28 heavy (non-hydrogen) atoms. The molecular weight excluding hydrogens is 354 g/mol. The number of ketones is 1. The van der Waals surface area contributed by atoms with Crippen LogP contribution in [0.4, 0.5) is 0 Å². The van der Waals surface area contributed by atoms with Crippen LogP contribution in [0.3, 0.4) is 0 Å². The predicted octanol–water partition coefficient (Wildman–Crippen LogP) is 3.83. The van der Waals surface area contributed by atoms with E-state index in [0.29, 0.717) is 11.1 Å². The van der Waals surface area contributed by atoms with E-state index >= 15 is 0 Å². The van der Waals surface area contributed by atoms with E-state index in [2.05, 4.69) is 5.32 Å². The Morgan fingerprint density at radius 3 is 2.43 bits per heavy atom. The van der Waals surface area contributed by atoms with Crippen molar-refractivity contribution < 1.29 is 19.1 Å². The highest BCUT2D eigenvalue weighted by atomic mass is 16.5. The molecule has 1 aliphatic carbocycles. The van der Waals surface area contributed by atoms with E-state index < -0.39 is 12.1 Å². The molecule has 1 amide bonds. The van der Waals surface area contributed by atoms with Crippen LogP contribution in [-0.2, 0) is 14.3 Å². The number of ether oxygens (including phenoxy) is 1. The lowest BCUT2D eigenvalue weighted by molar-refractivity contribution is -0.156. The number of aryl methyl sites for hydroxylation is 2. The first-order valence-electron chi connectivity index (χ1n) is 9.59. The fraction of sp³-hybridized carbons (Fsp3) is 0.348. The number of carbonyl (C=O) groups excluding carboxylic acids is 3. The SMILES string of the molecule is Cc1ccc(C)c(C(=O)CCC(=O)O[C@H](C(=O)NC2CC2)c2ccccc2)c1. The van der Waals surface area contributed by atoms with Crippen LogP contribution in [0.5, 0.6) is 0 Å². The van der Waals surface area contributed by atoms with Crippen molar-refractivity contribution in [2.45, 2.75) is 51.7 Å². The summed E-state index contributed by atoms with van der Waals surface area (Å²) in [6.45, 7) is 3.80. The van der Waals surface area contributed by atoms with Crippen molar-refractivity contribution in [3.8, 4) is 0 Å². The number of hydrogen-bond acceptors (Lipinski definition) is 4. The first-order valence-corrected chi connectivity index (χ1v) is 9.59. The summed E-state index contributed by atoms with van der Waals surface area (Å²) >= 11 is 0. The molecule has 1 atom stereocenters. The molecule has 1 saturated carbocycles. The van der Waals surface area contributed by atoms with E-state index in [4.69, 9.17) is 4.74 Å². The third kappa shape index (κ3) is 5.28.